The lowest BCUT2D eigenvalue weighted by Crippen LogP contribution is -2.58. The number of aldehydes is 1. The van der Waals surface area contributed by atoms with Gasteiger partial charge in [-0.15, -0.1) is 0 Å². The maximum absolute atomic E-state index is 12.2. The van der Waals surface area contributed by atoms with E-state index in [1.54, 1.807) is 0 Å². The van der Waals surface area contributed by atoms with Crippen molar-refractivity contribution in [1.29, 1.82) is 0 Å². The molecule has 8 nitrogen and oxygen atoms in total. The van der Waals surface area contributed by atoms with Gasteiger partial charge in [-0.05, 0) is 13.8 Å². The van der Waals surface area contributed by atoms with Crippen LogP contribution in [0.15, 0.2) is 11.8 Å². The number of nitrogens with zero attached hydrogens (tertiary/aromatic N) is 1. The second-order valence-corrected chi connectivity index (χ2v) is 5.93. The Morgan fingerprint density at radius 3 is 2.90 bits per heavy atom. The minimum absolute atomic E-state index is 0.233. The molecular formula is C13H16N2O6. The summed E-state index contributed by atoms with van der Waals surface area (Å²) in [5, 5.41) is 2.53. The van der Waals surface area contributed by atoms with Gasteiger partial charge in [0.05, 0.1) is 12.2 Å². The summed E-state index contributed by atoms with van der Waals surface area (Å²) >= 11 is 0. The Hall–Kier alpha value is -1.48. The molecule has 3 fully saturated rings. The molecule has 21 heavy (non-hydrogen) atoms. The molecule has 2 bridgehead atoms. The Kier molecular flexibility index (Phi) is 2.68. The smallest absolute Gasteiger partial charge is 0.325 e. The molecule has 5 atom stereocenters. The predicted octanol–water partition coefficient (Wildman–Crippen LogP) is -0.304. The van der Waals surface area contributed by atoms with Gasteiger partial charge in [-0.1, -0.05) is 0 Å². The standard InChI is InChI=1S/C13H16N2O6/c1-13(2)20-8-7-5-18-10-6(4-16)3-14-12(17)15(10)11(19-7)9(8)21-13/h3-4,7-11H,5H2,1-2H3,(H,14,17)/t7-,8-,9-,10+,11-/m1/s1. The van der Waals surface area contributed by atoms with Crippen LogP contribution >= 0.6 is 0 Å². The number of ether oxygens (including phenoxy) is 4. The molecule has 0 spiro atoms. The molecule has 0 aromatic rings. The van der Waals surface area contributed by atoms with Crippen molar-refractivity contribution in [2.75, 3.05) is 6.61 Å². The van der Waals surface area contributed by atoms with Gasteiger partial charge in [0.25, 0.3) is 0 Å². The van der Waals surface area contributed by atoms with Crippen molar-refractivity contribution < 1.29 is 28.5 Å². The fourth-order valence-corrected chi connectivity index (χ4v) is 3.28. The summed E-state index contributed by atoms with van der Waals surface area (Å²) in [5.74, 6) is -0.731. The van der Waals surface area contributed by atoms with Crippen LogP contribution in [0.5, 0.6) is 0 Å². The van der Waals surface area contributed by atoms with Crippen LogP contribution in [0.2, 0.25) is 0 Å². The van der Waals surface area contributed by atoms with Crippen molar-refractivity contribution in [3.05, 3.63) is 11.8 Å². The van der Waals surface area contributed by atoms with Crippen LogP contribution in [0.4, 0.5) is 4.79 Å². The number of rotatable bonds is 1. The zero-order chi connectivity index (χ0) is 14.8. The minimum atomic E-state index is -0.750. The second kappa shape index (κ2) is 4.26. The lowest BCUT2D eigenvalue weighted by atomic mass is 10.1. The molecule has 0 saturated carbocycles. The largest absolute Gasteiger partial charge is 0.351 e. The Bertz CT molecular complexity index is 533. The van der Waals surface area contributed by atoms with Crippen molar-refractivity contribution in [2.24, 2.45) is 0 Å². The van der Waals surface area contributed by atoms with Gasteiger partial charge in [0.1, 0.15) is 18.3 Å². The normalized spacial score (nSPS) is 43.5. The molecule has 2 amide bonds. The molecule has 4 aliphatic rings. The zero-order valence-corrected chi connectivity index (χ0v) is 11.6. The summed E-state index contributed by atoms with van der Waals surface area (Å²) in [6, 6.07) is -0.384. The van der Waals surface area contributed by atoms with E-state index in [9.17, 15) is 9.59 Å². The highest BCUT2D eigenvalue weighted by atomic mass is 16.8. The van der Waals surface area contributed by atoms with Gasteiger partial charge in [-0.25, -0.2) is 4.79 Å². The average Bonchev–Trinajstić information content (AvgIpc) is 2.80. The van der Waals surface area contributed by atoms with Crippen LogP contribution < -0.4 is 5.32 Å². The van der Waals surface area contributed by atoms with E-state index in [1.165, 1.54) is 11.1 Å². The van der Waals surface area contributed by atoms with Gasteiger partial charge in [-0.2, -0.15) is 0 Å². The first-order valence-corrected chi connectivity index (χ1v) is 6.87. The first-order chi connectivity index (χ1) is 10.00. The Balaban J connectivity index is 1.71. The van der Waals surface area contributed by atoms with Crippen LogP contribution in [0.1, 0.15) is 13.8 Å². The van der Waals surface area contributed by atoms with Gasteiger partial charge in [-0.3, -0.25) is 9.69 Å². The number of hydrogen-bond donors (Lipinski definition) is 1. The first kappa shape index (κ1) is 13.2. The molecule has 0 aromatic carbocycles. The van der Waals surface area contributed by atoms with Gasteiger partial charge < -0.3 is 24.3 Å². The fourth-order valence-electron chi connectivity index (χ4n) is 3.28. The maximum atomic E-state index is 12.2. The van der Waals surface area contributed by atoms with E-state index < -0.39 is 24.3 Å². The molecule has 114 valence electrons. The number of urea groups is 1. The first-order valence-electron chi connectivity index (χ1n) is 6.87. The van der Waals surface area contributed by atoms with E-state index in [0.717, 1.165) is 0 Å². The van der Waals surface area contributed by atoms with E-state index in [-0.39, 0.29) is 24.8 Å². The highest BCUT2D eigenvalue weighted by Gasteiger charge is 2.60. The van der Waals surface area contributed by atoms with Gasteiger partial charge in [0, 0.05) is 6.20 Å². The van der Waals surface area contributed by atoms with E-state index in [2.05, 4.69) is 5.32 Å². The lowest BCUT2D eigenvalue weighted by Gasteiger charge is -2.38. The summed E-state index contributed by atoms with van der Waals surface area (Å²) in [7, 11) is 0. The number of nitrogens with one attached hydrogen (secondary N) is 1. The molecule has 4 aliphatic heterocycles. The van der Waals surface area contributed by atoms with Gasteiger partial charge in [0.15, 0.2) is 24.5 Å². The van der Waals surface area contributed by atoms with Crippen molar-refractivity contribution >= 4 is 12.3 Å². The fraction of sp³-hybridized carbons (Fsp3) is 0.692. The molecule has 4 heterocycles. The maximum Gasteiger partial charge on any atom is 0.325 e. The SMILES string of the molecule is CC1(C)O[C@@H]2[C@H](O1)[C@H]1CO[C@H]3C(C=O)=CNC(=O)N3[C@@H]2O1. The van der Waals surface area contributed by atoms with Crippen molar-refractivity contribution in [1.82, 2.24) is 10.2 Å². The highest BCUT2D eigenvalue weighted by Crippen LogP contribution is 2.42. The number of hydrogen-bond acceptors (Lipinski definition) is 6. The monoisotopic (exact) mass is 296 g/mol. The van der Waals surface area contributed by atoms with Crippen molar-refractivity contribution in [3.63, 3.8) is 0 Å². The van der Waals surface area contributed by atoms with Crippen LogP contribution in [-0.2, 0) is 23.7 Å². The molecule has 3 saturated heterocycles. The summed E-state index contributed by atoms with van der Waals surface area (Å²) in [6.07, 6.45) is -0.366. The van der Waals surface area contributed by atoms with Gasteiger partial charge in [0.2, 0.25) is 0 Å². The third-order valence-electron chi connectivity index (χ3n) is 4.09. The molecule has 0 aliphatic carbocycles. The lowest BCUT2D eigenvalue weighted by molar-refractivity contribution is -0.197. The topological polar surface area (TPSA) is 86.3 Å². The van der Waals surface area contributed by atoms with Crippen molar-refractivity contribution in [3.8, 4) is 0 Å². The van der Waals surface area contributed by atoms with Crippen molar-refractivity contribution in [2.45, 2.75) is 50.4 Å². The number of amides is 2. The Labute approximate surface area is 120 Å². The molecule has 8 heteroatoms. The van der Waals surface area contributed by atoms with E-state index in [4.69, 9.17) is 18.9 Å². The molecule has 0 aromatic heterocycles. The van der Waals surface area contributed by atoms with Crippen LogP contribution in [0.25, 0.3) is 0 Å². The molecular weight excluding hydrogens is 280 g/mol. The molecule has 0 radical (unpaired) electrons. The summed E-state index contributed by atoms with van der Waals surface area (Å²) in [5.41, 5.74) is 0.348. The summed E-state index contributed by atoms with van der Waals surface area (Å²) < 4.78 is 23.3. The van der Waals surface area contributed by atoms with Crippen LogP contribution in [0, 0.1) is 0 Å². The zero-order valence-electron chi connectivity index (χ0n) is 11.6. The number of fused-ring (bicyclic) bond motifs is 7. The Morgan fingerprint density at radius 1 is 1.38 bits per heavy atom. The van der Waals surface area contributed by atoms with Gasteiger partial charge >= 0.3 is 6.03 Å². The Morgan fingerprint density at radius 2 is 2.14 bits per heavy atom. The second-order valence-electron chi connectivity index (χ2n) is 5.93. The van der Waals surface area contributed by atoms with Crippen LogP contribution in [0.3, 0.4) is 0 Å². The molecule has 0 unspecified atom stereocenters. The summed E-state index contributed by atoms with van der Waals surface area (Å²) in [6.45, 7) is 3.88. The quantitative estimate of drug-likeness (QED) is 0.668. The number of carbonyl (C=O) groups is 2. The molecule has 1 N–H and O–H groups in total. The van der Waals surface area contributed by atoms with Crippen LogP contribution in [-0.4, -0.2) is 60.4 Å². The average molecular weight is 296 g/mol. The van der Waals surface area contributed by atoms with E-state index in [1.807, 2.05) is 13.8 Å². The predicted molar refractivity (Wildman–Crippen MR) is 66.7 cm³/mol. The van der Waals surface area contributed by atoms with E-state index >= 15 is 0 Å². The summed E-state index contributed by atoms with van der Waals surface area (Å²) in [4.78, 5) is 24.7. The third-order valence-corrected chi connectivity index (χ3v) is 4.09. The third kappa shape index (κ3) is 1.83. The molecule has 4 rings (SSSR count). The highest BCUT2D eigenvalue weighted by molar-refractivity contribution is 5.84. The van der Waals surface area contributed by atoms with E-state index in [0.29, 0.717) is 11.9 Å². The number of carbonyl (C=O) groups excluding carboxylic acids is 2. The minimum Gasteiger partial charge on any atom is -0.351 e.